The third-order valence-electron chi connectivity index (χ3n) is 12.8. The number of hydrogen-bond donors (Lipinski definition) is 4. The average molecular weight is 1010 g/mol. The van der Waals surface area contributed by atoms with Crippen LogP contribution >= 0.6 is 21.6 Å². The molecule has 0 aliphatic carbocycles. The van der Waals surface area contributed by atoms with Crippen LogP contribution in [0.5, 0.6) is 11.5 Å². The van der Waals surface area contributed by atoms with Gasteiger partial charge in [0.1, 0.15) is 30.7 Å². The SMILES string of the molecule is CNC[C@@H]1Cc2ccccc2N1C(C)OCc1cc(COc2cc3c(cc2OC)C(=O)N2c4ccccc4C[C@H]2C=N3)cc(NC(=O)[C@@H](C)NC(=O)[C@H](C)NC(=O)CCC(C)(C)SSCCCC(C)=O)c1. The lowest BCUT2D eigenvalue weighted by Gasteiger charge is -2.33. The Hall–Kier alpha value is -5.88. The van der Waals surface area contributed by atoms with Gasteiger partial charge in [-0.2, -0.15) is 0 Å². The van der Waals surface area contributed by atoms with Gasteiger partial charge in [0.05, 0.1) is 31.0 Å². The smallest absolute Gasteiger partial charge is 0.261 e. The van der Waals surface area contributed by atoms with Crippen LogP contribution in [0.25, 0.3) is 0 Å². The lowest BCUT2D eigenvalue weighted by atomic mass is 10.1. The molecule has 3 aliphatic rings. The fraction of sp³-hybridized carbons (Fsp3) is 0.444. The molecule has 378 valence electrons. The summed E-state index contributed by atoms with van der Waals surface area (Å²) in [6.07, 6.45) is 5.31. The zero-order valence-electron chi connectivity index (χ0n) is 42.0. The molecule has 3 heterocycles. The Kier molecular flexibility index (Phi) is 17.9. The Labute approximate surface area is 425 Å². The summed E-state index contributed by atoms with van der Waals surface area (Å²) >= 11 is 0. The Balaban J connectivity index is 1.03. The van der Waals surface area contributed by atoms with E-state index in [1.165, 1.54) is 12.7 Å². The predicted octanol–water partition coefficient (Wildman–Crippen LogP) is 8.33. The average Bonchev–Trinajstić information content (AvgIpc) is 3.87. The zero-order valence-corrected chi connectivity index (χ0v) is 43.6. The van der Waals surface area contributed by atoms with Crippen LogP contribution in [0.3, 0.4) is 0 Å². The van der Waals surface area contributed by atoms with E-state index in [0.717, 1.165) is 47.6 Å². The van der Waals surface area contributed by atoms with E-state index in [1.54, 1.807) is 65.5 Å². The van der Waals surface area contributed by atoms with Crippen LogP contribution in [-0.2, 0) is 50.0 Å². The van der Waals surface area contributed by atoms with Crippen molar-refractivity contribution >= 4 is 80.0 Å². The van der Waals surface area contributed by atoms with Crippen LogP contribution in [0, 0.1) is 0 Å². The van der Waals surface area contributed by atoms with Gasteiger partial charge in [0, 0.05) is 71.7 Å². The van der Waals surface area contributed by atoms with E-state index in [-0.39, 0.29) is 60.3 Å². The highest BCUT2D eigenvalue weighted by Gasteiger charge is 2.37. The number of likely N-dealkylation sites (N-methyl/N-ethyl adjacent to an activating group) is 1. The molecule has 4 amide bonds. The summed E-state index contributed by atoms with van der Waals surface area (Å²) in [6, 6.07) is 23.4. The van der Waals surface area contributed by atoms with Gasteiger partial charge in [0.2, 0.25) is 17.7 Å². The van der Waals surface area contributed by atoms with E-state index in [0.29, 0.717) is 53.3 Å². The van der Waals surface area contributed by atoms with Crippen molar-refractivity contribution in [1.29, 1.82) is 0 Å². The van der Waals surface area contributed by atoms with Crippen molar-refractivity contribution in [2.75, 3.05) is 41.6 Å². The Morgan fingerprint density at radius 1 is 0.845 bits per heavy atom. The summed E-state index contributed by atoms with van der Waals surface area (Å²) < 4.78 is 18.6. The molecule has 1 unspecified atom stereocenters. The number of ketones is 1. The molecular formula is C54H67N7O8S2. The van der Waals surface area contributed by atoms with E-state index in [2.05, 4.69) is 58.2 Å². The van der Waals surface area contributed by atoms with Gasteiger partial charge in [-0.25, -0.2) is 0 Å². The lowest BCUT2D eigenvalue weighted by molar-refractivity contribution is -0.130. The first kappa shape index (κ1) is 52.9. The second kappa shape index (κ2) is 24.0. The lowest BCUT2D eigenvalue weighted by Crippen LogP contribution is -2.50. The Morgan fingerprint density at radius 2 is 1.54 bits per heavy atom. The number of para-hydroxylation sites is 2. The molecule has 0 radical (unpaired) electrons. The number of aliphatic imine (C=N–C) groups is 1. The third-order valence-corrected chi connectivity index (χ3v) is 16.2. The van der Waals surface area contributed by atoms with E-state index >= 15 is 0 Å². The molecule has 0 aromatic heterocycles. The number of anilines is 3. The maximum absolute atomic E-state index is 14.0. The number of rotatable bonds is 24. The first-order valence-corrected chi connectivity index (χ1v) is 26.6. The highest BCUT2D eigenvalue weighted by atomic mass is 33.1. The summed E-state index contributed by atoms with van der Waals surface area (Å²) in [4.78, 5) is 74.1. The quantitative estimate of drug-likeness (QED) is 0.0390. The molecule has 4 aromatic carbocycles. The molecule has 4 aromatic rings. The van der Waals surface area contributed by atoms with Crippen LogP contribution in [0.15, 0.2) is 83.9 Å². The standard InChI is InChI=1S/C54H67N7O8S2/c1-33(62)14-13-21-70-71-54(5,6)20-19-50(63)57-34(2)51(64)58-35(3)52(65)59-41-23-37(31-68-36(4)60-42(29-55-7)25-39-15-9-11-17-46(39)60)22-38(24-41)32-69-49-28-45-44(27-48(49)67-8)53(66)61-43(30-56-45)26-40-16-10-12-18-47(40)61/h9-12,15-18,22-24,27-28,30,34-36,42-43,55H,13-14,19-21,25-26,29,31-32H2,1-8H3,(H,57,63)(H,58,64)(H,59,65)/t34-,35+,36?,42-,43-/m0/s1. The highest BCUT2D eigenvalue weighted by Crippen LogP contribution is 2.42. The summed E-state index contributed by atoms with van der Waals surface area (Å²) in [5.74, 6) is 0.410. The monoisotopic (exact) mass is 1010 g/mol. The largest absolute Gasteiger partial charge is 0.493 e. The fourth-order valence-corrected chi connectivity index (χ4v) is 11.8. The Morgan fingerprint density at radius 3 is 2.25 bits per heavy atom. The number of ether oxygens (including phenoxy) is 3. The minimum absolute atomic E-state index is 0.0598. The van der Waals surface area contributed by atoms with E-state index in [9.17, 15) is 24.0 Å². The van der Waals surface area contributed by atoms with Gasteiger partial charge in [-0.15, -0.1) is 0 Å². The number of nitrogens with one attached hydrogen (secondary N) is 4. The van der Waals surface area contributed by atoms with Crippen molar-refractivity contribution < 1.29 is 38.2 Å². The first-order chi connectivity index (χ1) is 34.0. The maximum atomic E-state index is 14.0. The molecule has 0 saturated carbocycles. The van der Waals surface area contributed by atoms with Crippen molar-refractivity contribution in [3.8, 4) is 11.5 Å². The molecule has 4 N–H and O–H groups in total. The zero-order chi connectivity index (χ0) is 50.8. The molecular weight excluding hydrogens is 939 g/mol. The molecule has 7 rings (SSSR count). The minimum Gasteiger partial charge on any atom is -0.493 e. The van der Waals surface area contributed by atoms with Crippen molar-refractivity contribution in [2.45, 2.75) is 128 Å². The molecule has 5 atom stereocenters. The van der Waals surface area contributed by atoms with Crippen molar-refractivity contribution in [1.82, 2.24) is 16.0 Å². The molecule has 17 heteroatoms. The van der Waals surface area contributed by atoms with Crippen LogP contribution < -0.4 is 40.5 Å². The van der Waals surface area contributed by atoms with Gasteiger partial charge in [-0.05, 0) is 127 Å². The molecule has 3 aliphatic heterocycles. The van der Waals surface area contributed by atoms with E-state index in [1.807, 2.05) is 62.7 Å². The van der Waals surface area contributed by atoms with Gasteiger partial charge in [0.15, 0.2) is 11.5 Å². The molecule has 15 nitrogen and oxygen atoms in total. The van der Waals surface area contributed by atoms with Gasteiger partial charge in [-0.3, -0.25) is 29.1 Å². The van der Waals surface area contributed by atoms with Gasteiger partial charge in [0.25, 0.3) is 5.91 Å². The normalized spacial score (nSPS) is 17.0. The number of nitrogens with zero attached hydrogens (tertiary/aromatic N) is 3. The summed E-state index contributed by atoms with van der Waals surface area (Å²) in [6.45, 7) is 12.0. The number of carbonyl (C=O) groups excluding carboxylic acids is 5. The summed E-state index contributed by atoms with van der Waals surface area (Å²) in [7, 11) is 6.86. The Bertz CT molecular complexity index is 2630. The molecule has 71 heavy (non-hydrogen) atoms. The molecule has 0 fully saturated rings. The molecule has 0 saturated heterocycles. The summed E-state index contributed by atoms with van der Waals surface area (Å²) in [5, 5.41) is 11.8. The van der Waals surface area contributed by atoms with Crippen molar-refractivity contribution in [3.63, 3.8) is 0 Å². The number of methoxy groups -OCH3 is 1. The summed E-state index contributed by atoms with van der Waals surface area (Å²) in [5.41, 5.74) is 7.19. The number of amides is 4. The van der Waals surface area contributed by atoms with Gasteiger partial charge >= 0.3 is 0 Å². The number of carbonyl (C=O) groups is 5. The van der Waals surface area contributed by atoms with Crippen LogP contribution in [-0.4, -0.2) is 97.2 Å². The second-order valence-electron chi connectivity index (χ2n) is 19.0. The predicted molar refractivity (Wildman–Crippen MR) is 284 cm³/mol. The maximum Gasteiger partial charge on any atom is 0.261 e. The third kappa shape index (κ3) is 13.6. The van der Waals surface area contributed by atoms with Gasteiger partial charge < -0.3 is 45.2 Å². The van der Waals surface area contributed by atoms with Crippen molar-refractivity contribution in [3.05, 3.63) is 107 Å². The second-order valence-corrected chi connectivity index (χ2v) is 22.2. The topological polar surface area (TPSA) is 180 Å². The highest BCUT2D eigenvalue weighted by molar-refractivity contribution is 8.77. The van der Waals surface area contributed by atoms with E-state index in [4.69, 9.17) is 19.2 Å². The first-order valence-electron chi connectivity index (χ1n) is 24.3. The minimum atomic E-state index is -0.951. The van der Waals surface area contributed by atoms with Crippen LogP contribution in [0.4, 0.5) is 22.7 Å². The fourth-order valence-electron chi connectivity index (χ4n) is 9.10. The van der Waals surface area contributed by atoms with Crippen molar-refractivity contribution in [2.24, 2.45) is 4.99 Å². The molecule has 0 bridgehead atoms. The van der Waals surface area contributed by atoms with Crippen LogP contribution in [0.1, 0.15) is 99.8 Å². The molecule has 0 spiro atoms. The van der Waals surface area contributed by atoms with Gasteiger partial charge in [-0.1, -0.05) is 58.0 Å². The number of Topliss-reactive ketones (excluding diaryl/α,β-unsaturated/α-hetero) is 1. The van der Waals surface area contributed by atoms with Crippen LogP contribution in [0.2, 0.25) is 0 Å². The number of benzene rings is 4. The van der Waals surface area contributed by atoms with E-state index < -0.39 is 23.9 Å². The number of fused-ring (bicyclic) bond motifs is 5. The number of hydrogen-bond acceptors (Lipinski definition) is 13.